The molecule has 1 aliphatic heterocycles. The van der Waals surface area contributed by atoms with Gasteiger partial charge in [-0.2, -0.15) is 0 Å². The third-order valence-corrected chi connectivity index (χ3v) is 20.5. The fraction of sp³-hybridized carbons (Fsp3) is 0.693. The number of carboxylic acids is 1. The number of hydrogen-bond acceptors (Lipinski definition) is 24. The van der Waals surface area contributed by atoms with Crippen molar-refractivity contribution < 1.29 is 97.1 Å². The molecule has 44 nitrogen and oxygen atoms in total. The van der Waals surface area contributed by atoms with Crippen LogP contribution in [0.1, 0.15) is 172 Å². The van der Waals surface area contributed by atoms with E-state index < -0.39 is 247 Å². The number of likely N-dealkylation sites (tertiary alicyclic amines) is 1. The van der Waals surface area contributed by atoms with Crippen molar-refractivity contribution in [1.82, 2.24) is 94.0 Å². The summed E-state index contributed by atoms with van der Waals surface area (Å²) in [5.74, 6) is -18.7. The molecule has 29 N–H and O–H groups in total. The summed E-state index contributed by atoms with van der Waals surface area (Å²) < 4.78 is 0. The SMILES string of the molecule is CC[C@H](C)[C@H](NC(=O)[C@H](CCC(N)=O)NC(=O)CNC(=O)[C@@H]1CCCN1C(=O)[C@H](Cc1cnc[nH]1)NC(=O)[C@H](CO)NC(=O)[C@@H](NC(=O)[C@@H](NC(=O)[C@@H](NC(=O)[C@@H](NC(=O)[C@@H](NC(=O)[C@@H](N)CCCN=C(N)N)[C@@H](C)O)[C@@H](C)CC)C(C)C)[C@@H](C)CC)[C@@H](C)O)C(=O)N[C@H](C(=O)N[C@@H](CCCCN)C(=O)N[C@@H](Cc1cnc[nH]1)C(=O)O)C(C)C. The first-order chi connectivity index (χ1) is 56.0. The predicted octanol–water partition coefficient (Wildman–Crippen LogP) is -7.09. The van der Waals surface area contributed by atoms with Gasteiger partial charge in [-0.3, -0.25) is 76.9 Å². The molecule has 1 aliphatic rings. The zero-order valence-corrected chi connectivity index (χ0v) is 69.9. The normalized spacial score (nSPS) is 17.2. The number of carbonyl (C=O) groups excluding carboxylic acids is 15. The molecule has 668 valence electrons. The van der Waals surface area contributed by atoms with E-state index in [0.29, 0.717) is 37.1 Å². The number of hydrogen-bond donors (Lipinski definition) is 24. The third kappa shape index (κ3) is 33.7. The van der Waals surface area contributed by atoms with E-state index in [4.69, 9.17) is 28.7 Å². The summed E-state index contributed by atoms with van der Waals surface area (Å²) in [7, 11) is 0. The van der Waals surface area contributed by atoms with E-state index in [0.717, 1.165) is 11.8 Å². The second-order valence-electron chi connectivity index (χ2n) is 30.7. The zero-order valence-electron chi connectivity index (χ0n) is 69.9. The van der Waals surface area contributed by atoms with Crippen LogP contribution in [0.2, 0.25) is 0 Å². The molecule has 0 aromatic carbocycles. The molecule has 2 aromatic rings. The Morgan fingerprint density at radius 1 is 0.504 bits per heavy atom. The minimum absolute atomic E-state index is 0.0371. The number of unbranched alkanes of at least 4 members (excludes halogenated alkanes) is 1. The number of guanidine groups is 1. The Bertz CT molecular complexity index is 3710. The fourth-order valence-corrected chi connectivity index (χ4v) is 12.6. The summed E-state index contributed by atoms with van der Waals surface area (Å²) in [5.41, 5.74) is 28.6. The molecule has 0 saturated carbocycles. The number of amides is 15. The van der Waals surface area contributed by atoms with E-state index in [1.54, 1.807) is 69.2 Å². The maximum Gasteiger partial charge on any atom is 0.326 e. The predicted molar refractivity (Wildman–Crippen MR) is 431 cm³/mol. The number of carboxylic acid groups (broad SMARTS) is 1. The van der Waals surface area contributed by atoms with Gasteiger partial charge in [0.1, 0.15) is 78.5 Å². The first kappa shape index (κ1) is 102. The minimum Gasteiger partial charge on any atom is -0.480 e. The van der Waals surface area contributed by atoms with Crippen molar-refractivity contribution in [2.45, 2.75) is 270 Å². The maximum atomic E-state index is 14.7. The number of carbonyl (C=O) groups is 16. The third-order valence-electron chi connectivity index (χ3n) is 20.5. The van der Waals surface area contributed by atoms with E-state index in [1.807, 2.05) is 0 Å². The highest BCUT2D eigenvalue weighted by Crippen LogP contribution is 2.22. The number of nitrogens with zero attached hydrogens (tertiary/aromatic N) is 4. The van der Waals surface area contributed by atoms with E-state index in [9.17, 15) is 97.1 Å². The molecule has 3 heterocycles. The summed E-state index contributed by atoms with van der Waals surface area (Å²) in [5, 5.41) is 75.0. The Morgan fingerprint density at radius 2 is 0.908 bits per heavy atom. The van der Waals surface area contributed by atoms with Gasteiger partial charge < -0.3 is 133 Å². The number of aromatic amines is 2. The van der Waals surface area contributed by atoms with Crippen molar-refractivity contribution in [1.29, 1.82) is 0 Å². The van der Waals surface area contributed by atoms with Crippen molar-refractivity contribution in [3.05, 3.63) is 36.4 Å². The number of nitrogens with two attached hydrogens (primary N) is 5. The lowest BCUT2D eigenvalue weighted by molar-refractivity contribution is -0.142. The maximum absolute atomic E-state index is 14.7. The van der Waals surface area contributed by atoms with Crippen LogP contribution >= 0.6 is 0 Å². The van der Waals surface area contributed by atoms with Crippen molar-refractivity contribution in [2.75, 3.05) is 32.8 Å². The number of nitrogens with one attached hydrogen (secondary N) is 15. The van der Waals surface area contributed by atoms with Crippen molar-refractivity contribution in [3.8, 4) is 0 Å². The number of imidazole rings is 2. The molecule has 119 heavy (non-hydrogen) atoms. The summed E-state index contributed by atoms with van der Waals surface area (Å²) in [6.07, 6.45) is 3.20. The van der Waals surface area contributed by atoms with E-state index in [2.05, 4.69) is 94.0 Å². The van der Waals surface area contributed by atoms with Crippen molar-refractivity contribution in [3.63, 3.8) is 0 Å². The number of aliphatic imine (C=N–C) groups is 1. The average molecular weight is 1690 g/mol. The van der Waals surface area contributed by atoms with Gasteiger partial charge in [-0.1, -0.05) is 88.5 Å². The van der Waals surface area contributed by atoms with Crippen LogP contribution in [0.5, 0.6) is 0 Å². The van der Waals surface area contributed by atoms with Crippen LogP contribution in [-0.2, 0) is 89.6 Å². The molecule has 15 amide bonds. The average Bonchev–Trinajstić information content (AvgIpc) is 1.72. The Hall–Kier alpha value is -11.0. The Morgan fingerprint density at radius 3 is 1.35 bits per heavy atom. The minimum atomic E-state index is -1.89. The number of aliphatic hydroxyl groups is 3. The fourth-order valence-electron chi connectivity index (χ4n) is 12.6. The van der Waals surface area contributed by atoms with Crippen LogP contribution in [0, 0.1) is 29.6 Å². The topological polar surface area (TPSA) is 713 Å². The molecule has 19 atom stereocenters. The molecule has 44 heteroatoms. The highest BCUT2D eigenvalue weighted by atomic mass is 16.4. The van der Waals surface area contributed by atoms with Gasteiger partial charge in [0.15, 0.2) is 5.96 Å². The molecule has 0 aliphatic carbocycles. The van der Waals surface area contributed by atoms with Gasteiger partial charge in [0.2, 0.25) is 88.6 Å². The van der Waals surface area contributed by atoms with Crippen LogP contribution in [0.25, 0.3) is 0 Å². The van der Waals surface area contributed by atoms with E-state index in [-0.39, 0.29) is 77.0 Å². The molecular weight excluding hydrogens is 1560 g/mol. The van der Waals surface area contributed by atoms with Gasteiger partial charge in [0.05, 0.1) is 44.1 Å². The van der Waals surface area contributed by atoms with Crippen LogP contribution in [0.3, 0.4) is 0 Å². The van der Waals surface area contributed by atoms with Crippen LogP contribution in [-0.4, -0.2) is 275 Å². The number of primary amides is 1. The van der Waals surface area contributed by atoms with Crippen molar-refractivity contribution >= 4 is 101 Å². The van der Waals surface area contributed by atoms with Crippen molar-refractivity contribution in [2.24, 2.45) is 63.3 Å². The number of aliphatic hydroxyl groups excluding tert-OH is 3. The number of H-pyrrole nitrogens is 2. The molecule has 1 fully saturated rings. The number of rotatable bonds is 54. The Balaban J connectivity index is 1.79. The van der Waals surface area contributed by atoms with Gasteiger partial charge in [-0.05, 0) is 101 Å². The largest absolute Gasteiger partial charge is 0.480 e. The summed E-state index contributed by atoms with van der Waals surface area (Å²) in [6.45, 7) is 17.2. The molecule has 0 bridgehead atoms. The highest BCUT2D eigenvalue weighted by molar-refractivity contribution is 6.01. The first-order valence-electron chi connectivity index (χ1n) is 40.2. The Kier molecular flexibility index (Phi) is 44.1. The van der Waals surface area contributed by atoms with Gasteiger partial charge >= 0.3 is 5.97 Å². The quantitative estimate of drug-likeness (QED) is 0.0166. The zero-order chi connectivity index (χ0) is 89.7. The summed E-state index contributed by atoms with van der Waals surface area (Å²) >= 11 is 0. The second-order valence-corrected chi connectivity index (χ2v) is 30.7. The van der Waals surface area contributed by atoms with Crippen LogP contribution < -0.4 is 97.8 Å². The van der Waals surface area contributed by atoms with Gasteiger partial charge in [-0.25, -0.2) is 14.8 Å². The summed E-state index contributed by atoms with van der Waals surface area (Å²) in [6, 6.07) is -20.5. The van der Waals surface area contributed by atoms with Gasteiger partial charge in [0.25, 0.3) is 0 Å². The molecule has 0 spiro atoms. The second kappa shape index (κ2) is 51.4. The molecule has 0 unspecified atom stereocenters. The van der Waals surface area contributed by atoms with Gasteiger partial charge in [-0.15, -0.1) is 0 Å². The monoisotopic (exact) mass is 1680 g/mol. The lowest BCUT2D eigenvalue weighted by atomic mass is 9.94. The van der Waals surface area contributed by atoms with Crippen LogP contribution in [0.4, 0.5) is 0 Å². The smallest absolute Gasteiger partial charge is 0.326 e. The number of aromatic nitrogens is 4. The lowest BCUT2D eigenvalue weighted by Gasteiger charge is -2.32. The standard InChI is InChI=1S/C75H128N24O20/c1-13-38(8)56(68(112)92-54(36(4)5)66(110)88-46(21-16-17-25-76)62(106)90-49(74(118)119)29-44-31-82-35-86-44)94-63(107)47(23-24-52(78)103)87-53(104)32-84-65(109)51-22-19-27-99(51)73(117)48(28-43-30-81-34-85-43)89-64(108)50(33-100)91-71(115)59(41(11)101)98-70(114)58(40(10)15-3)95-67(111)55(37(6)7)93-69(113)57(39(9)14-2)96-72(116)60(42(12)102)97-61(105)45(77)20-18-26-83-75(79)80/h30-31,34-42,45-51,54-60,100-102H,13-29,32-33,76-77H2,1-12H3,(H2,78,103)(H,81,85)(H,82,86)(H,84,109)(H,87,104)(H,88,110)(H,89,108)(H,90,106)(H,91,115)(H,92,112)(H,93,113)(H,94,107)(H,95,111)(H,96,116)(H,97,105)(H,98,114)(H,118,119)(H4,79,80,83)/t38-,39-,40-,41+,42+,45-,46-,47-,48-,49-,50-,51-,54-,55-,56-,57-,58-,59-,60-/m0/s1. The summed E-state index contributed by atoms with van der Waals surface area (Å²) in [4.78, 5) is 240. The Labute approximate surface area is 691 Å². The molecule has 1 saturated heterocycles. The molecule has 0 radical (unpaired) electrons. The lowest BCUT2D eigenvalue weighted by Crippen LogP contribution is -2.64. The van der Waals surface area contributed by atoms with E-state index >= 15 is 0 Å². The molecule has 2 aromatic heterocycles. The van der Waals surface area contributed by atoms with Crippen LogP contribution in [0.15, 0.2) is 30.0 Å². The molecule has 3 rings (SSSR count). The number of aliphatic carboxylic acids is 1. The first-order valence-corrected chi connectivity index (χ1v) is 40.2. The van der Waals surface area contributed by atoms with E-state index in [1.165, 1.54) is 32.0 Å². The van der Waals surface area contributed by atoms with Gasteiger partial charge in [0, 0.05) is 56.1 Å². The highest BCUT2D eigenvalue weighted by Gasteiger charge is 2.43. The molecular formula is C75H128N24O20.